The van der Waals surface area contributed by atoms with E-state index in [1.54, 1.807) is 10.6 Å². The molecule has 1 aliphatic rings. The Balaban J connectivity index is 2.32. The highest BCUT2D eigenvalue weighted by molar-refractivity contribution is 6.38. The number of nitrogens with zero attached hydrogens (tertiary/aromatic N) is 1. The molecule has 23 heavy (non-hydrogen) atoms. The normalized spacial score (nSPS) is 14.6. The number of hydrogen-bond acceptors (Lipinski definition) is 4. The van der Waals surface area contributed by atoms with E-state index in [2.05, 4.69) is 0 Å². The Morgan fingerprint density at radius 3 is 2.87 bits per heavy atom. The molecule has 0 spiro atoms. The number of Topliss-reactive ketones (excluding diaryl/α,β-unsaturated/α-hetero) is 1. The van der Waals surface area contributed by atoms with Crippen LogP contribution in [0.2, 0.25) is 5.02 Å². The summed E-state index contributed by atoms with van der Waals surface area (Å²) in [5.74, 6) is -0.764. The molecule has 0 aliphatic carbocycles. The molecule has 0 radical (unpaired) electrons. The average molecular weight is 338 g/mol. The fraction of sp³-hybridized carbons (Fsp3) is 0.375. The molecule has 3 rings (SSSR count). The van der Waals surface area contributed by atoms with Gasteiger partial charge < -0.3 is 19.1 Å². The number of carboxylic acids is 1. The number of ketones is 1. The van der Waals surface area contributed by atoms with Crippen molar-refractivity contribution >= 4 is 34.3 Å². The zero-order valence-electron chi connectivity index (χ0n) is 12.6. The molecule has 2 aromatic rings. The quantitative estimate of drug-likeness (QED) is 0.866. The Morgan fingerprint density at radius 1 is 1.39 bits per heavy atom. The number of carboxylic acid groups (broad SMARTS) is 1. The second-order valence-electron chi connectivity index (χ2n) is 5.42. The van der Waals surface area contributed by atoms with Crippen molar-refractivity contribution in [2.24, 2.45) is 0 Å². The molecule has 0 bridgehead atoms. The summed E-state index contributed by atoms with van der Waals surface area (Å²) in [7, 11) is 1.48. The van der Waals surface area contributed by atoms with Crippen LogP contribution in [0.1, 0.15) is 40.1 Å². The topological polar surface area (TPSA) is 77.8 Å². The lowest BCUT2D eigenvalue weighted by atomic mass is 10.0. The van der Waals surface area contributed by atoms with Gasteiger partial charge in [-0.1, -0.05) is 11.6 Å². The average Bonchev–Trinajstić information content (AvgIpc) is 2.89. The molecule has 0 unspecified atom stereocenters. The number of benzene rings is 1. The number of carbonyl (C=O) groups is 2. The molecule has 0 amide bonds. The molecular formula is C16H16ClNO5. The molecule has 0 saturated carbocycles. The lowest BCUT2D eigenvalue weighted by Crippen LogP contribution is -2.14. The summed E-state index contributed by atoms with van der Waals surface area (Å²) in [6, 6.07) is 3.08. The van der Waals surface area contributed by atoms with Crippen LogP contribution in [0.5, 0.6) is 5.75 Å². The molecule has 6 nitrogen and oxygen atoms in total. The van der Waals surface area contributed by atoms with Crippen LogP contribution in [-0.4, -0.2) is 35.3 Å². The number of aromatic nitrogens is 1. The van der Waals surface area contributed by atoms with Gasteiger partial charge in [-0.15, -0.1) is 0 Å². The summed E-state index contributed by atoms with van der Waals surface area (Å²) in [6.07, 6.45) is 1.89. The Labute approximate surface area is 137 Å². The third kappa shape index (κ3) is 2.68. The molecule has 7 heteroatoms. The highest BCUT2D eigenvalue weighted by Gasteiger charge is 2.25. The van der Waals surface area contributed by atoms with Crippen molar-refractivity contribution in [3.63, 3.8) is 0 Å². The SMILES string of the molecule is COCOc1cc2c3c(cc(C(=O)O)n3CCCCC2=O)c1Cl. The van der Waals surface area contributed by atoms with Gasteiger partial charge in [-0.3, -0.25) is 4.79 Å². The van der Waals surface area contributed by atoms with E-state index in [0.717, 1.165) is 6.42 Å². The van der Waals surface area contributed by atoms with Gasteiger partial charge >= 0.3 is 5.97 Å². The molecule has 122 valence electrons. The summed E-state index contributed by atoms with van der Waals surface area (Å²) in [4.78, 5) is 24.0. The van der Waals surface area contributed by atoms with Crippen molar-refractivity contribution in [3.8, 4) is 5.75 Å². The number of hydrogen-bond donors (Lipinski definition) is 1. The largest absolute Gasteiger partial charge is 0.477 e. The lowest BCUT2D eigenvalue weighted by Gasteiger charge is -2.16. The minimum absolute atomic E-state index is 0.00858. The van der Waals surface area contributed by atoms with Gasteiger partial charge in [0.1, 0.15) is 11.4 Å². The van der Waals surface area contributed by atoms with Gasteiger partial charge in [0.2, 0.25) is 0 Å². The van der Waals surface area contributed by atoms with Crippen LogP contribution >= 0.6 is 11.6 Å². The maximum Gasteiger partial charge on any atom is 0.352 e. The molecule has 0 atom stereocenters. The van der Waals surface area contributed by atoms with Crippen LogP contribution in [0.3, 0.4) is 0 Å². The Morgan fingerprint density at radius 2 is 2.17 bits per heavy atom. The van der Waals surface area contributed by atoms with E-state index >= 15 is 0 Å². The predicted molar refractivity (Wildman–Crippen MR) is 84.6 cm³/mol. The summed E-state index contributed by atoms with van der Waals surface area (Å²) in [5.41, 5.74) is 1.14. The Bertz CT molecular complexity index is 796. The van der Waals surface area contributed by atoms with Crippen molar-refractivity contribution in [3.05, 3.63) is 28.4 Å². The van der Waals surface area contributed by atoms with Crippen molar-refractivity contribution in [2.45, 2.75) is 25.8 Å². The van der Waals surface area contributed by atoms with E-state index in [4.69, 9.17) is 21.1 Å². The van der Waals surface area contributed by atoms with Gasteiger partial charge in [-0.2, -0.15) is 0 Å². The monoisotopic (exact) mass is 337 g/mol. The summed E-state index contributed by atoms with van der Waals surface area (Å²) in [6.45, 7) is 0.533. The molecular weight excluding hydrogens is 322 g/mol. The molecule has 1 aromatic heterocycles. The van der Waals surface area contributed by atoms with Crippen molar-refractivity contribution in [1.82, 2.24) is 4.57 Å². The van der Waals surface area contributed by atoms with Gasteiger partial charge in [0, 0.05) is 31.0 Å². The van der Waals surface area contributed by atoms with E-state index in [0.29, 0.717) is 41.6 Å². The fourth-order valence-electron chi connectivity index (χ4n) is 2.94. The molecule has 1 aromatic carbocycles. The minimum atomic E-state index is -1.05. The molecule has 1 N–H and O–H groups in total. The second kappa shape index (κ2) is 6.22. The number of carbonyl (C=O) groups excluding carboxylic acids is 1. The lowest BCUT2D eigenvalue weighted by molar-refractivity contribution is 0.0512. The van der Waals surface area contributed by atoms with Crippen LogP contribution in [0, 0.1) is 0 Å². The van der Waals surface area contributed by atoms with Gasteiger partial charge in [0.15, 0.2) is 12.6 Å². The van der Waals surface area contributed by atoms with Gasteiger partial charge in [-0.05, 0) is 25.0 Å². The van der Waals surface area contributed by atoms with Crippen molar-refractivity contribution in [2.75, 3.05) is 13.9 Å². The Hall–Kier alpha value is -2.05. The Kier molecular flexibility index (Phi) is 4.28. The van der Waals surface area contributed by atoms with Crippen LogP contribution < -0.4 is 4.74 Å². The number of rotatable bonds is 4. The van der Waals surface area contributed by atoms with Crippen LogP contribution in [-0.2, 0) is 11.3 Å². The zero-order valence-corrected chi connectivity index (χ0v) is 13.4. The number of ether oxygens (including phenoxy) is 2. The third-order valence-corrected chi connectivity index (χ3v) is 4.36. The maximum atomic E-state index is 12.5. The standard InChI is InChI=1S/C16H16ClNO5/c1-22-8-23-13-7-9-12(19)4-2-3-5-18-11(16(20)21)6-10(14(13)17)15(9)18/h6-7H,2-5,8H2,1H3,(H,20,21). The van der Waals surface area contributed by atoms with Crippen LogP contribution in [0.15, 0.2) is 12.1 Å². The zero-order chi connectivity index (χ0) is 16.6. The molecule has 2 heterocycles. The highest BCUT2D eigenvalue weighted by atomic mass is 35.5. The van der Waals surface area contributed by atoms with E-state index in [1.165, 1.54) is 13.2 Å². The van der Waals surface area contributed by atoms with E-state index in [1.807, 2.05) is 0 Å². The van der Waals surface area contributed by atoms with E-state index in [-0.39, 0.29) is 23.3 Å². The highest BCUT2D eigenvalue weighted by Crippen LogP contribution is 2.39. The first-order valence-corrected chi connectivity index (χ1v) is 7.66. The predicted octanol–water partition coefficient (Wildman–Crippen LogP) is 3.34. The molecule has 1 aliphatic heterocycles. The van der Waals surface area contributed by atoms with Gasteiger partial charge in [0.05, 0.1) is 10.5 Å². The number of halogens is 1. The smallest absolute Gasteiger partial charge is 0.352 e. The fourth-order valence-corrected chi connectivity index (χ4v) is 3.19. The number of methoxy groups -OCH3 is 1. The number of aryl methyl sites for hydroxylation is 1. The maximum absolute atomic E-state index is 12.5. The van der Waals surface area contributed by atoms with Crippen LogP contribution in [0.25, 0.3) is 10.9 Å². The van der Waals surface area contributed by atoms with E-state index in [9.17, 15) is 14.7 Å². The first kappa shape index (κ1) is 15.8. The molecule has 0 fully saturated rings. The first-order valence-electron chi connectivity index (χ1n) is 7.28. The summed E-state index contributed by atoms with van der Waals surface area (Å²) in [5, 5.41) is 10.2. The number of aromatic carboxylic acids is 1. The minimum Gasteiger partial charge on any atom is -0.477 e. The van der Waals surface area contributed by atoms with Crippen LogP contribution in [0.4, 0.5) is 0 Å². The van der Waals surface area contributed by atoms with Gasteiger partial charge in [0.25, 0.3) is 0 Å². The summed E-state index contributed by atoms with van der Waals surface area (Å²) >= 11 is 6.36. The van der Waals surface area contributed by atoms with Crippen molar-refractivity contribution in [1.29, 1.82) is 0 Å². The third-order valence-electron chi connectivity index (χ3n) is 3.97. The first-order chi connectivity index (χ1) is 11.0. The van der Waals surface area contributed by atoms with E-state index < -0.39 is 5.97 Å². The van der Waals surface area contributed by atoms with Gasteiger partial charge in [-0.25, -0.2) is 4.79 Å². The van der Waals surface area contributed by atoms with Crippen molar-refractivity contribution < 1.29 is 24.2 Å². The second-order valence-corrected chi connectivity index (χ2v) is 5.79. The molecule has 0 saturated heterocycles. The summed E-state index contributed by atoms with van der Waals surface area (Å²) < 4.78 is 12.0.